The maximum atomic E-state index is 6.85. The summed E-state index contributed by atoms with van der Waals surface area (Å²) >= 11 is 0. The summed E-state index contributed by atoms with van der Waals surface area (Å²) in [4.78, 5) is 0. The summed E-state index contributed by atoms with van der Waals surface area (Å²) in [6, 6.07) is 22.2. The molecule has 2 aromatic carbocycles. The van der Waals surface area contributed by atoms with Crippen LogP contribution in [0.4, 0.5) is 0 Å². The SMILES string of the molecule is CC(C)(C)[Si](OCC1CCN1)(c1ccccc1)c1ccccc1. The summed E-state index contributed by atoms with van der Waals surface area (Å²) in [6.07, 6.45) is 1.22. The first-order chi connectivity index (χ1) is 11.0. The van der Waals surface area contributed by atoms with Crippen LogP contribution in [0.25, 0.3) is 0 Å². The summed E-state index contributed by atoms with van der Waals surface area (Å²) in [5.74, 6) is 0. The summed E-state index contributed by atoms with van der Waals surface area (Å²) in [6.45, 7) is 8.90. The van der Waals surface area contributed by atoms with Crippen LogP contribution in [-0.4, -0.2) is 27.5 Å². The predicted molar refractivity (Wildman–Crippen MR) is 100.0 cm³/mol. The van der Waals surface area contributed by atoms with Crippen molar-refractivity contribution in [3.8, 4) is 0 Å². The molecule has 1 unspecified atom stereocenters. The normalized spacial score (nSPS) is 18.5. The van der Waals surface area contributed by atoms with E-state index in [1.807, 2.05) is 0 Å². The molecule has 0 amide bonds. The van der Waals surface area contributed by atoms with Crippen LogP contribution in [0.1, 0.15) is 27.2 Å². The predicted octanol–water partition coefficient (Wildman–Crippen LogP) is 2.92. The van der Waals surface area contributed by atoms with Crippen molar-refractivity contribution in [1.29, 1.82) is 0 Å². The minimum Gasteiger partial charge on any atom is -0.406 e. The average Bonchev–Trinajstić information content (AvgIpc) is 2.50. The maximum Gasteiger partial charge on any atom is 0.261 e. The lowest BCUT2D eigenvalue weighted by Crippen LogP contribution is -2.67. The quantitative estimate of drug-likeness (QED) is 0.854. The third kappa shape index (κ3) is 3.14. The molecule has 1 heterocycles. The average molecular weight is 326 g/mol. The van der Waals surface area contributed by atoms with Gasteiger partial charge in [-0.25, -0.2) is 0 Å². The minimum absolute atomic E-state index is 0.0689. The first-order valence-electron chi connectivity index (χ1n) is 8.52. The Hall–Kier alpha value is -1.42. The van der Waals surface area contributed by atoms with Gasteiger partial charge in [-0.1, -0.05) is 81.4 Å². The van der Waals surface area contributed by atoms with Crippen LogP contribution in [0, 0.1) is 0 Å². The summed E-state index contributed by atoms with van der Waals surface area (Å²) in [7, 11) is -2.33. The highest BCUT2D eigenvalue weighted by Gasteiger charge is 2.50. The molecule has 0 spiro atoms. The van der Waals surface area contributed by atoms with Crippen LogP contribution in [-0.2, 0) is 4.43 Å². The summed E-state index contributed by atoms with van der Waals surface area (Å²) in [5, 5.41) is 6.26. The zero-order valence-corrected chi connectivity index (χ0v) is 15.4. The van der Waals surface area contributed by atoms with E-state index in [0.29, 0.717) is 6.04 Å². The topological polar surface area (TPSA) is 21.3 Å². The zero-order chi connectivity index (χ0) is 16.3. The highest BCUT2D eigenvalue weighted by molar-refractivity contribution is 6.99. The fourth-order valence-corrected chi connectivity index (χ4v) is 8.08. The Labute approximate surface area is 141 Å². The van der Waals surface area contributed by atoms with Gasteiger partial charge in [0, 0.05) is 6.04 Å². The van der Waals surface area contributed by atoms with E-state index in [1.165, 1.54) is 16.8 Å². The highest BCUT2D eigenvalue weighted by Crippen LogP contribution is 2.36. The van der Waals surface area contributed by atoms with Gasteiger partial charge in [-0.2, -0.15) is 0 Å². The molecule has 1 N–H and O–H groups in total. The minimum atomic E-state index is -2.33. The molecule has 122 valence electrons. The van der Waals surface area contributed by atoms with Crippen molar-refractivity contribution in [2.75, 3.05) is 13.2 Å². The molecule has 1 atom stereocenters. The van der Waals surface area contributed by atoms with Gasteiger partial charge < -0.3 is 9.74 Å². The molecule has 0 saturated carbocycles. The molecule has 2 aromatic rings. The van der Waals surface area contributed by atoms with Gasteiger partial charge in [0.25, 0.3) is 8.32 Å². The summed E-state index contributed by atoms with van der Waals surface area (Å²) < 4.78 is 6.85. The molecular weight excluding hydrogens is 298 g/mol. The van der Waals surface area contributed by atoms with Gasteiger partial charge >= 0.3 is 0 Å². The second-order valence-corrected chi connectivity index (χ2v) is 11.7. The van der Waals surface area contributed by atoms with E-state index in [4.69, 9.17) is 4.43 Å². The van der Waals surface area contributed by atoms with Crippen molar-refractivity contribution in [2.45, 2.75) is 38.3 Å². The number of hydrogen-bond acceptors (Lipinski definition) is 2. The number of benzene rings is 2. The van der Waals surface area contributed by atoms with Gasteiger partial charge in [0.05, 0.1) is 6.61 Å². The van der Waals surface area contributed by atoms with E-state index in [0.717, 1.165) is 13.2 Å². The van der Waals surface area contributed by atoms with Gasteiger partial charge in [0.15, 0.2) is 0 Å². The van der Waals surface area contributed by atoms with Crippen molar-refractivity contribution in [3.05, 3.63) is 60.7 Å². The van der Waals surface area contributed by atoms with Crippen molar-refractivity contribution in [2.24, 2.45) is 0 Å². The van der Waals surface area contributed by atoms with Crippen molar-refractivity contribution in [1.82, 2.24) is 5.32 Å². The van der Waals surface area contributed by atoms with Crippen LogP contribution < -0.4 is 15.7 Å². The van der Waals surface area contributed by atoms with Crippen LogP contribution in [0.15, 0.2) is 60.7 Å². The van der Waals surface area contributed by atoms with E-state index >= 15 is 0 Å². The molecular formula is C20H27NOSi. The molecule has 23 heavy (non-hydrogen) atoms. The van der Waals surface area contributed by atoms with E-state index < -0.39 is 8.32 Å². The second kappa shape index (κ2) is 6.60. The molecule has 0 aliphatic carbocycles. The Kier molecular flexibility index (Phi) is 4.71. The van der Waals surface area contributed by atoms with Crippen molar-refractivity contribution in [3.63, 3.8) is 0 Å². The molecule has 1 aliphatic rings. The molecule has 1 fully saturated rings. The lowest BCUT2D eigenvalue weighted by molar-refractivity contribution is 0.207. The van der Waals surface area contributed by atoms with E-state index in [9.17, 15) is 0 Å². The zero-order valence-electron chi connectivity index (χ0n) is 14.4. The highest BCUT2D eigenvalue weighted by atomic mass is 28.4. The molecule has 0 bridgehead atoms. The molecule has 0 radical (unpaired) electrons. The molecule has 3 heteroatoms. The molecule has 0 aromatic heterocycles. The first kappa shape index (κ1) is 16.4. The van der Waals surface area contributed by atoms with Gasteiger partial charge in [-0.3, -0.25) is 0 Å². The second-order valence-electron chi connectivity index (χ2n) is 7.41. The van der Waals surface area contributed by atoms with Crippen LogP contribution in [0.2, 0.25) is 5.04 Å². The third-order valence-electron chi connectivity index (χ3n) is 4.84. The van der Waals surface area contributed by atoms with E-state index in [2.05, 4.69) is 86.8 Å². The first-order valence-corrected chi connectivity index (χ1v) is 10.4. The third-order valence-corrected chi connectivity index (χ3v) is 9.85. The largest absolute Gasteiger partial charge is 0.406 e. The van der Waals surface area contributed by atoms with Gasteiger partial charge in [-0.15, -0.1) is 0 Å². The fraction of sp³-hybridized carbons (Fsp3) is 0.400. The van der Waals surface area contributed by atoms with Gasteiger partial charge in [0.1, 0.15) is 0 Å². The van der Waals surface area contributed by atoms with Gasteiger partial charge in [-0.05, 0) is 28.4 Å². The molecule has 2 nitrogen and oxygen atoms in total. The smallest absolute Gasteiger partial charge is 0.261 e. The van der Waals surface area contributed by atoms with Crippen LogP contribution in [0.3, 0.4) is 0 Å². The Balaban J connectivity index is 2.08. The Morgan fingerprint density at radius 1 is 0.957 bits per heavy atom. The standard InChI is InChI=1S/C20H27NOSi/c1-20(2,3)23(18-10-6-4-7-11-18,19-12-8-5-9-13-19)22-16-17-14-15-21-17/h4-13,17,21H,14-16H2,1-3H3. The molecule has 3 rings (SSSR count). The monoisotopic (exact) mass is 325 g/mol. The Bertz CT molecular complexity index is 578. The fourth-order valence-electron chi connectivity index (χ4n) is 3.48. The maximum absolute atomic E-state index is 6.85. The van der Waals surface area contributed by atoms with Crippen molar-refractivity contribution >= 4 is 18.7 Å². The Morgan fingerprint density at radius 3 is 1.78 bits per heavy atom. The van der Waals surface area contributed by atoms with Crippen molar-refractivity contribution < 1.29 is 4.43 Å². The number of hydrogen-bond donors (Lipinski definition) is 1. The molecule has 1 aliphatic heterocycles. The summed E-state index contributed by atoms with van der Waals surface area (Å²) in [5.41, 5.74) is 0. The lowest BCUT2D eigenvalue weighted by Gasteiger charge is -2.44. The lowest BCUT2D eigenvalue weighted by atomic mass is 10.1. The van der Waals surface area contributed by atoms with E-state index in [1.54, 1.807) is 0 Å². The Morgan fingerprint density at radius 2 is 1.43 bits per heavy atom. The molecule has 1 saturated heterocycles. The van der Waals surface area contributed by atoms with Crippen LogP contribution >= 0.6 is 0 Å². The number of rotatable bonds is 5. The van der Waals surface area contributed by atoms with E-state index in [-0.39, 0.29) is 5.04 Å². The van der Waals surface area contributed by atoms with Gasteiger partial charge in [0.2, 0.25) is 0 Å². The number of nitrogens with one attached hydrogen (secondary N) is 1. The van der Waals surface area contributed by atoms with Crippen LogP contribution in [0.5, 0.6) is 0 Å².